The highest BCUT2D eigenvalue weighted by atomic mass is 16.5. The van der Waals surface area contributed by atoms with Gasteiger partial charge in [-0.3, -0.25) is 4.79 Å². The summed E-state index contributed by atoms with van der Waals surface area (Å²) in [6.45, 7) is 8.05. The Morgan fingerprint density at radius 1 is 1.50 bits per heavy atom. The zero-order valence-electron chi connectivity index (χ0n) is 15.7. The van der Waals surface area contributed by atoms with Gasteiger partial charge in [-0.25, -0.2) is 9.50 Å². The molecule has 0 aromatic carbocycles. The number of nitrogens with zero attached hydrogens (tertiary/aromatic N) is 5. The van der Waals surface area contributed by atoms with E-state index < -0.39 is 0 Å². The van der Waals surface area contributed by atoms with Crippen LogP contribution in [0.2, 0.25) is 0 Å². The molecule has 7 heteroatoms. The Kier molecular flexibility index (Phi) is 5.52. The summed E-state index contributed by atoms with van der Waals surface area (Å²) in [6, 6.07) is 2.11. The molecule has 1 fully saturated rings. The second-order valence-corrected chi connectivity index (χ2v) is 6.73. The summed E-state index contributed by atoms with van der Waals surface area (Å²) in [4.78, 5) is 19.1. The van der Waals surface area contributed by atoms with Crippen LogP contribution in [0.3, 0.4) is 0 Å². The summed E-state index contributed by atoms with van der Waals surface area (Å²) in [5, 5.41) is 13.4. The van der Waals surface area contributed by atoms with Crippen molar-refractivity contribution in [2.45, 2.75) is 52.6 Å². The number of ether oxygens (including phenoxy) is 1. The number of nitriles is 1. The second kappa shape index (κ2) is 7.83. The van der Waals surface area contributed by atoms with Crippen molar-refractivity contribution < 1.29 is 9.53 Å². The van der Waals surface area contributed by atoms with Gasteiger partial charge in [-0.1, -0.05) is 0 Å². The molecule has 1 aliphatic heterocycles. The molecule has 3 rings (SSSR count). The van der Waals surface area contributed by atoms with Gasteiger partial charge in [0, 0.05) is 37.5 Å². The van der Waals surface area contributed by atoms with E-state index in [2.05, 4.69) is 16.2 Å². The smallest absolute Gasteiger partial charge is 0.222 e. The van der Waals surface area contributed by atoms with Crippen molar-refractivity contribution in [1.82, 2.24) is 19.5 Å². The van der Waals surface area contributed by atoms with E-state index >= 15 is 0 Å². The second-order valence-electron chi connectivity index (χ2n) is 6.73. The minimum atomic E-state index is 0.139. The van der Waals surface area contributed by atoms with E-state index in [-0.39, 0.29) is 12.0 Å². The van der Waals surface area contributed by atoms with Crippen LogP contribution < -0.4 is 0 Å². The summed E-state index contributed by atoms with van der Waals surface area (Å²) in [7, 11) is 0. The highest BCUT2D eigenvalue weighted by Crippen LogP contribution is 2.19. The van der Waals surface area contributed by atoms with E-state index in [9.17, 15) is 4.79 Å². The molecule has 138 valence electrons. The van der Waals surface area contributed by atoms with Crippen LogP contribution in [0.1, 0.15) is 48.7 Å². The molecule has 3 heterocycles. The van der Waals surface area contributed by atoms with Crippen LogP contribution in [-0.2, 0) is 16.0 Å². The molecular weight excluding hydrogens is 330 g/mol. The highest BCUT2D eigenvalue weighted by Gasteiger charge is 2.22. The Morgan fingerprint density at radius 2 is 2.31 bits per heavy atom. The number of aryl methyl sites for hydroxylation is 2. The van der Waals surface area contributed by atoms with Crippen molar-refractivity contribution in [2.24, 2.45) is 0 Å². The Hall–Kier alpha value is -2.46. The van der Waals surface area contributed by atoms with Gasteiger partial charge in [0.25, 0.3) is 0 Å². The maximum Gasteiger partial charge on any atom is 0.222 e. The van der Waals surface area contributed by atoms with Crippen molar-refractivity contribution in [3.63, 3.8) is 0 Å². The van der Waals surface area contributed by atoms with Gasteiger partial charge in [-0.15, -0.1) is 0 Å². The summed E-state index contributed by atoms with van der Waals surface area (Å²) >= 11 is 0. The van der Waals surface area contributed by atoms with E-state index in [4.69, 9.17) is 10.00 Å². The number of aromatic nitrogens is 3. The molecule has 1 aliphatic rings. The number of fused-ring (bicyclic) bond motifs is 1. The summed E-state index contributed by atoms with van der Waals surface area (Å²) in [5.41, 5.74) is 3.84. The average molecular weight is 355 g/mol. The number of hydrogen-bond donors (Lipinski definition) is 0. The lowest BCUT2D eigenvalue weighted by Gasteiger charge is -2.24. The van der Waals surface area contributed by atoms with E-state index in [0.717, 1.165) is 36.4 Å². The molecule has 1 saturated heterocycles. The van der Waals surface area contributed by atoms with Gasteiger partial charge in [0.15, 0.2) is 5.65 Å². The number of rotatable bonds is 6. The molecule has 2 aromatic rings. The molecule has 0 saturated carbocycles. The maximum atomic E-state index is 12.7. The zero-order chi connectivity index (χ0) is 18.7. The van der Waals surface area contributed by atoms with Gasteiger partial charge in [-0.05, 0) is 45.6 Å². The predicted molar refractivity (Wildman–Crippen MR) is 96.7 cm³/mol. The van der Waals surface area contributed by atoms with Gasteiger partial charge >= 0.3 is 0 Å². The normalized spacial score (nSPS) is 16.8. The predicted octanol–water partition coefficient (Wildman–Crippen LogP) is 2.18. The summed E-state index contributed by atoms with van der Waals surface area (Å²) in [6.07, 6.45) is 4.86. The summed E-state index contributed by atoms with van der Waals surface area (Å²) < 4.78 is 7.35. The van der Waals surface area contributed by atoms with Crippen molar-refractivity contribution in [2.75, 3.05) is 19.7 Å². The van der Waals surface area contributed by atoms with Crippen LogP contribution in [0.5, 0.6) is 0 Å². The first kappa shape index (κ1) is 18.3. The van der Waals surface area contributed by atoms with Crippen molar-refractivity contribution in [3.05, 3.63) is 28.7 Å². The molecule has 0 bridgehead atoms. The van der Waals surface area contributed by atoms with Gasteiger partial charge in [0.1, 0.15) is 11.6 Å². The molecule has 1 atom stereocenters. The number of amides is 1. The minimum Gasteiger partial charge on any atom is -0.376 e. The molecular formula is C19H25N5O2. The average Bonchev–Trinajstić information content (AvgIpc) is 3.28. The maximum absolute atomic E-state index is 12.7. The Morgan fingerprint density at radius 3 is 2.96 bits per heavy atom. The van der Waals surface area contributed by atoms with Gasteiger partial charge in [0.05, 0.1) is 12.3 Å². The van der Waals surface area contributed by atoms with Gasteiger partial charge in [0.2, 0.25) is 5.91 Å². The topological polar surface area (TPSA) is 83.5 Å². The van der Waals surface area contributed by atoms with Crippen LogP contribution >= 0.6 is 0 Å². The quantitative estimate of drug-likeness (QED) is 0.793. The number of hydrogen-bond acceptors (Lipinski definition) is 5. The fourth-order valence-corrected chi connectivity index (χ4v) is 3.58. The SMILES string of the molecule is CCN(CC1CCCO1)C(=O)CCc1c(C)nc2c(C#N)cnn2c1C. The van der Waals surface area contributed by atoms with Gasteiger partial charge in [-0.2, -0.15) is 10.4 Å². The van der Waals surface area contributed by atoms with Crippen molar-refractivity contribution >= 4 is 11.6 Å². The molecule has 7 nitrogen and oxygen atoms in total. The first-order chi connectivity index (χ1) is 12.5. The molecule has 0 spiro atoms. The van der Waals surface area contributed by atoms with Crippen molar-refractivity contribution in [3.8, 4) is 6.07 Å². The van der Waals surface area contributed by atoms with Crippen LogP contribution in [0, 0.1) is 25.2 Å². The molecule has 26 heavy (non-hydrogen) atoms. The van der Waals surface area contributed by atoms with Crippen LogP contribution in [0.25, 0.3) is 5.65 Å². The standard InChI is InChI=1S/C19H25N5O2/c1-4-23(12-16-6-5-9-26-16)18(25)8-7-17-13(2)22-19-15(10-20)11-21-24(19)14(17)3/h11,16H,4-9,12H2,1-3H3. The highest BCUT2D eigenvalue weighted by molar-refractivity contribution is 5.76. The van der Waals surface area contributed by atoms with E-state index in [1.165, 1.54) is 6.20 Å². The lowest BCUT2D eigenvalue weighted by atomic mass is 10.1. The van der Waals surface area contributed by atoms with Crippen LogP contribution in [0.15, 0.2) is 6.20 Å². The Labute approximate surface area is 153 Å². The third-order valence-corrected chi connectivity index (χ3v) is 5.10. The van der Waals surface area contributed by atoms with E-state index in [1.807, 2.05) is 25.7 Å². The zero-order valence-corrected chi connectivity index (χ0v) is 15.7. The van der Waals surface area contributed by atoms with Crippen LogP contribution in [0.4, 0.5) is 0 Å². The molecule has 2 aromatic heterocycles. The lowest BCUT2D eigenvalue weighted by molar-refractivity contribution is -0.132. The van der Waals surface area contributed by atoms with Crippen molar-refractivity contribution in [1.29, 1.82) is 5.26 Å². The molecule has 1 unspecified atom stereocenters. The number of carbonyl (C=O) groups excluding carboxylic acids is 1. The minimum absolute atomic E-state index is 0.139. The Balaban J connectivity index is 1.72. The first-order valence-electron chi connectivity index (χ1n) is 9.18. The molecule has 1 amide bonds. The Bertz CT molecular complexity index is 846. The number of carbonyl (C=O) groups is 1. The van der Waals surface area contributed by atoms with Gasteiger partial charge < -0.3 is 9.64 Å². The fourth-order valence-electron chi connectivity index (χ4n) is 3.58. The van der Waals surface area contributed by atoms with E-state index in [0.29, 0.717) is 37.1 Å². The van der Waals surface area contributed by atoms with Crippen LogP contribution in [-0.4, -0.2) is 51.2 Å². The molecule has 0 aliphatic carbocycles. The largest absolute Gasteiger partial charge is 0.376 e. The monoisotopic (exact) mass is 355 g/mol. The first-order valence-corrected chi connectivity index (χ1v) is 9.18. The molecule has 0 N–H and O–H groups in total. The fraction of sp³-hybridized carbons (Fsp3) is 0.579. The lowest BCUT2D eigenvalue weighted by Crippen LogP contribution is -2.37. The number of likely N-dealkylation sites (N-methyl/N-ethyl adjacent to an activating group) is 1. The third-order valence-electron chi connectivity index (χ3n) is 5.10. The van der Waals surface area contributed by atoms with E-state index in [1.54, 1.807) is 4.52 Å². The summed E-state index contributed by atoms with van der Waals surface area (Å²) in [5.74, 6) is 0.139. The third kappa shape index (κ3) is 3.56. The molecule has 0 radical (unpaired) electrons.